The van der Waals surface area contributed by atoms with E-state index in [0.717, 1.165) is 18.4 Å². The van der Waals surface area contributed by atoms with Gasteiger partial charge in [-0.2, -0.15) is 5.10 Å². The lowest BCUT2D eigenvalue weighted by molar-refractivity contribution is -0.142. The van der Waals surface area contributed by atoms with Crippen LogP contribution in [0.1, 0.15) is 62.4 Å². The van der Waals surface area contributed by atoms with Crippen molar-refractivity contribution in [3.8, 4) is 0 Å². The second-order valence-corrected chi connectivity index (χ2v) is 9.44. The molecule has 1 aliphatic rings. The molecule has 3 N–H and O–H groups in total. The highest BCUT2D eigenvalue weighted by Gasteiger charge is 2.27. The third-order valence-electron chi connectivity index (χ3n) is 6.18. The van der Waals surface area contributed by atoms with Crippen molar-refractivity contribution in [1.82, 2.24) is 15.1 Å². The predicted octanol–water partition coefficient (Wildman–Crippen LogP) is 4.36. The number of aryl methyl sites for hydroxylation is 1. The van der Waals surface area contributed by atoms with Crippen molar-refractivity contribution in [2.45, 2.75) is 57.5 Å². The summed E-state index contributed by atoms with van der Waals surface area (Å²) in [6, 6.07) is 10.1. The fraction of sp³-hybridized carbons (Fsp3) is 0.360. The van der Waals surface area contributed by atoms with Crippen molar-refractivity contribution in [2.24, 2.45) is 0 Å². The summed E-state index contributed by atoms with van der Waals surface area (Å²) in [6.45, 7) is 6.56. The van der Waals surface area contributed by atoms with E-state index in [2.05, 4.69) is 54.7 Å². The van der Waals surface area contributed by atoms with E-state index >= 15 is 0 Å². The average molecular weight is 449 g/mol. The number of aliphatic carboxylic acids is 1. The summed E-state index contributed by atoms with van der Waals surface area (Å²) in [4.78, 5) is 35.3. The number of fused-ring (bicyclic) bond motifs is 2. The van der Waals surface area contributed by atoms with Crippen LogP contribution in [0.25, 0.3) is 10.9 Å². The number of hydrogen-bond acceptors (Lipinski definition) is 4. The molecule has 4 rings (SSSR count). The van der Waals surface area contributed by atoms with Crippen molar-refractivity contribution in [1.29, 1.82) is 0 Å². The molecule has 172 valence electrons. The van der Waals surface area contributed by atoms with Crippen LogP contribution in [0.15, 0.2) is 42.6 Å². The molecule has 0 radical (unpaired) electrons. The molecule has 2 aromatic carbocycles. The maximum atomic E-state index is 12.8. The lowest BCUT2D eigenvalue weighted by atomic mass is 9.85. The van der Waals surface area contributed by atoms with Gasteiger partial charge in [0, 0.05) is 11.8 Å². The molecule has 0 fully saturated rings. The highest BCUT2D eigenvalue weighted by atomic mass is 16.4. The van der Waals surface area contributed by atoms with Gasteiger partial charge in [0.05, 0.1) is 23.4 Å². The summed E-state index contributed by atoms with van der Waals surface area (Å²) >= 11 is 0. The molecule has 8 nitrogen and oxygen atoms in total. The SMILES string of the molecule is CC(C)(C)c1ccc2c(c1)CC[C@H]2NC(=O)Nc1cccc2c1cnn2C(CC=O)C(=O)O. The largest absolute Gasteiger partial charge is 0.480 e. The molecule has 3 aromatic rings. The number of carboxylic acid groups (broad SMARTS) is 1. The van der Waals surface area contributed by atoms with Crippen LogP contribution in [0.5, 0.6) is 0 Å². The van der Waals surface area contributed by atoms with Gasteiger partial charge >= 0.3 is 12.0 Å². The smallest absolute Gasteiger partial charge is 0.328 e. The summed E-state index contributed by atoms with van der Waals surface area (Å²) in [7, 11) is 0. The summed E-state index contributed by atoms with van der Waals surface area (Å²) in [5, 5.41) is 20.2. The number of hydrogen-bond donors (Lipinski definition) is 3. The van der Waals surface area contributed by atoms with Crippen LogP contribution in [-0.4, -0.2) is 33.2 Å². The third-order valence-corrected chi connectivity index (χ3v) is 6.18. The standard InChI is InChI=1S/C25H28N4O4/c1-25(2,3)16-8-9-17-15(13-16)7-10-20(17)28-24(33)27-19-5-4-6-21-18(19)14-26-29(21)22(11-12-30)23(31)32/h4-6,8-9,12-14,20,22H,7,10-11H2,1-3H3,(H,31,32)(H2,27,28,33)/t20-,22?/m1/s1. The minimum Gasteiger partial charge on any atom is -0.480 e. The number of nitrogens with zero attached hydrogens (tertiary/aromatic N) is 2. The van der Waals surface area contributed by atoms with Gasteiger partial charge in [-0.05, 0) is 47.1 Å². The second-order valence-electron chi connectivity index (χ2n) is 9.44. The molecule has 0 saturated heterocycles. The Bertz CT molecular complexity index is 1220. The van der Waals surface area contributed by atoms with E-state index < -0.39 is 12.0 Å². The number of carbonyl (C=O) groups excluding carboxylic acids is 2. The van der Waals surface area contributed by atoms with E-state index in [1.54, 1.807) is 18.2 Å². The monoisotopic (exact) mass is 448 g/mol. The lowest BCUT2D eigenvalue weighted by Crippen LogP contribution is -2.31. The first kappa shape index (κ1) is 22.5. The zero-order valence-electron chi connectivity index (χ0n) is 19.0. The van der Waals surface area contributed by atoms with Crippen molar-refractivity contribution >= 4 is 34.9 Å². The number of carbonyl (C=O) groups is 3. The average Bonchev–Trinajstić information content (AvgIpc) is 3.36. The van der Waals surface area contributed by atoms with Crippen LogP contribution < -0.4 is 10.6 Å². The zero-order valence-corrected chi connectivity index (χ0v) is 19.0. The van der Waals surface area contributed by atoms with Crippen molar-refractivity contribution < 1.29 is 19.5 Å². The van der Waals surface area contributed by atoms with Crippen LogP contribution in [0.4, 0.5) is 10.5 Å². The van der Waals surface area contributed by atoms with Crippen LogP contribution in [0.3, 0.4) is 0 Å². The topological polar surface area (TPSA) is 113 Å². The third kappa shape index (κ3) is 4.46. The first-order valence-electron chi connectivity index (χ1n) is 11.0. The molecule has 8 heteroatoms. The Labute approximate surface area is 192 Å². The number of aromatic nitrogens is 2. The van der Waals surface area contributed by atoms with Gasteiger partial charge in [0.15, 0.2) is 6.04 Å². The van der Waals surface area contributed by atoms with Gasteiger partial charge < -0.3 is 20.5 Å². The van der Waals surface area contributed by atoms with Gasteiger partial charge in [0.25, 0.3) is 0 Å². The van der Waals surface area contributed by atoms with E-state index in [1.165, 1.54) is 22.0 Å². The number of rotatable bonds is 6. The van der Waals surface area contributed by atoms with Gasteiger partial charge in [0.1, 0.15) is 6.29 Å². The number of amides is 2. The summed E-state index contributed by atoms with van der Waals surface area (Å²) in [6.07, 6.45) is 3.63. The number of anilines is 1. The van der Waals surface area contributed by atoms with Crippen molar-refractivity contribution in [2.75, 3.05) is 5.32 Å². The molecule has 1 heterocycles. The van der Waals surface area contributed by atoms with E-state index in [4.69, 9.17) is 0 Å². The van der Waals surface area contributed by atoms with E-state index in [-0.39, 0.29) is 23.9 Å². The Morgan fingerprint density at radius 3 is 2.76 bits per heavy atom. The predicted molar refractivity (Wildman–Crippen MR) is 125 cm³/mol. The molecule has 0 spiro atoms. The van der Waals surface area contributed by atoms with Gasteiger partial charge in [-0.3, -0.25) is 4.68 Å². The van der Waals surface area contributed by atoms with Gasteiger partial charge in [0.2, 0.25) is 0 Å². The van der Waals surface area contributed by atoms with Gasteiger partial charge in [-0.15, -0.1) is 0 Å². The first-order chi connectivity index (χ1) is 15.7. The Morgan fingerprint density at radius 1 is 1.27 bits per heavy atom. The molecular formula is C25H28N4O4. The second kappa shape index (κ2) is 8.69. The molecule has 2 atom stereocenters. The van der Waals surface area contributed by atoms with Crippen LogP contribution in [-0.2, 0) is 21.4 Å². The zero-order chi connectivity index (χ0) is 23.8. The lowest BCUT2D eigenvalue weighted by Gasteiger charge is -2.21. The van der Waals surface area contributed by atoms with Crippen LogP contribution in [0, 0.1) is 0 Å². The Hall–Kier alpha value is -3.68. The first-order valence-corrected chi connectivity index (χ1v) is 11.0. The number of urea groups is 1. The molecule has 1 aromatic heterocycles. The molecule has 1 unspecified atom stereocenters. The normalized spacial score (nSPS) is 16.3. The Balaban J connectivity index is 1.52. The molecular weight excluding hydrogens is 420 g/mol. The van der Waals surface area contributed by atoms with Gasteiger partial charge in [-0.1, -0.05) is 45.0 Å². The fourth-order valence-electron chi connectivity index (χ4n) is 4.38. The number of benzene rings is 2. The minimum absolute atomic E-state index is 0.0695. The number of aldehydes is 1. The molecule has 0 aliphatic heterocycles. The summed E-state index contributed by atoms with van der Waals surface area (Å²) < 4.78 is 1.30. The van der Waals surface area contributed by atoms with Crippen molar-refractivity contribution in [3.05, 3.63) is 59.3 Å². The van der Waals surface area contributed by atoms with E-state index in [1.807, 2.05) is 0 Å². The van der Waals surface area contributed by atoms with Crippen LogP contribution >= 0.6 is 0 Å². The van der Waals surface area contributed by atoms with Crippen molar-refractivity contribution in [3.63, 3.8) is 0 Å². The molecule has 1 aliphatic carbocycles. The van der Waals surface area contributed by atoms with Gasteiger partial charge in [-0.25, -0.2) is 9.59 Å². The van der Waals surface area contributed by atoms with E-state index in [9.17, 15) is 19.5 Å². The Morgan fingerprint density at radius 2 is 2.06 bits per heavy atom. The summed E-state index contributed by atoms with van der Waals surface area (Å²) in [5.41, 5.74) is 4.82. The molecule has 33 heavy (non-hydrogen) atoms. The highest BCUT2D eigenvalue weighted by molar-refractivity contribution is 6.00. The number of carboxylic acids is 1. The summed E-state index contributed by atoms with van der Waals surface area (Å²) in [5.74, 6) is -1.14. The Kier molecular flexibility index (Phi) is 5.93. The highest BCUT2D eigenvalue weighted by Crippen LogP contribution is 2.35. The minimum atomic E-state index is -1.14. The van der Waals surface area contributed by atoms with E-state index in [0.29, 0.717) is 22.9 Å². The maximum Gasteiger partial charge on any atom is 0.328 e. The quantitative estimate of drug-likeness (QED) is 0.485. The number of nitrogens with one attached hydrogen (secondary N) is 2. The molecule has 0 saturated carbocycles. The maximum absolute atomic E-state index is 12.8. The van der Waals surface area contributed by atoms with Crippen LogP contribution in [0.2, 0.25) is 0 Å². The molecule has 0 bridgehead atoms. The fourth-order valence-corrected chi connectivity index (χ4v) is 4.38. The molecule has 2 amide bonds.